The van der Waals surface area contributed by atoms with E-state index in [0.29, 0.717) is 18.8 Å². The van der Waals surface area contributed by atoms with Crippen LogP contribution < -0.4 is 4.74 Å². The molecule has 0 spiro atoms. The van der Waals surface area contributed by atoms with E-state index >= 15 is 0 Å². The smallest absolute Gasteiger partial charge is 0.330 e. The number of phenols is 1. The fraction of sp³-hybridized carbons (Fsp3) is 0.357. The van der Waals surface area contributed by atoms with Crippen LogP contribution in [-0.4, -0.2) is 24.8 Å². The van der Waals surface area contributed by atoms with Gasteiger partial charge in [0.2, 0.25) is 0 Å². The molecule has 1 aromatic rings. The van der Waals surface area contributed by atoms with Gasteiger partial charge >= 0.3 is 5.97 Å². The van der Waals surface area contributed by atoms with Gasteiger partial charge in [-0.2, -0.15) is 0 Å². The summed E-state index contributed by atoms with van der Waals surface area (Å²) in [4.78, 5) is 11.2. The number of hydrogen-bond acceptors (Lipinski definition) is 4. The minimum atomic E-state index is -0.383. The fourth-order valence-electron chi connectivity index (χ4n) is 1.73. The van der Waals surface area contributed by atoms with Crippen molar-refractivity contribution in [2.45, 2.75) is 20.3 Å². The molecule has 0 saturated heterocycles. The van der Waals surface area contributed by atoms with Crippen LogP contribution >= 0.6 is 0 Å². The average Bonchev–Trinajstić information content (AvgIpc) is 2.37. The minimum absolute atomic E-state index is 0.0997. The molecule has 0 aliphatic rings. The quantitative estimate of drug-likeness (QED) is 0.644. The highest BCUT2D eigenvalue weighted by Gasteiger charge is 2.10. The van der Waals surface area contributed by atoms with Gasteiger partial charge in [0.05, 0.1) is 13.7 Å². The second kappa shape index (κ2) is 6.69. The highest BCUT2D eigenvalue weighted by atomic mass is 16.5. The van der Waals surface area contributed by atoms with Gasteiger partial charge in [-0.15, -0.1) is 0 Å². The molecule has 98 valence electrons. The third-order valence-electron chi connectivity index (χ3n) is 2.52. The topological polar surface area (TPSA) is 55.8 Å². The number of rotatable bonds is 5. The summed E-state index contributed by atoms with van der Waals surface area (Å²) in [6.45, 7) is 4.06. The van der Waals surface area contributed by atoms with Crippen LogP contribution in [0.15, 0.2) is 18.2 Å². The Hall–Kier alpha value is -1.97. The molecule has 1 rings (SSSR count). The van der Waals surface area contributed by atoms with Crippen LogP contribution in [0.3, 0.4) is 0 Å². The average molecular weight is 250 g/mol. The second-order valence-electron chi connectivity index (χ2n) is 3.62. The monoisotopic (exact) mass is 250 g/mol. The molecule has 0 unspecified atom stereocenters. The zero-order valence-corrected chi connectivity index (χ0v) is 10.9. The molecule has 0 bridgehead atoms. The van der Waals surface area contributed by atoms with E-state index in [2.05, 4.69) is 0 Å². The van der Waals surface area contributed by atoms with Crippen LogP contribution in [0.4, 0.5) is 0 Å². The van der Waals surface area contributed by atoms with Gasteiger partial charge in [-0.1, -0.05) is 13.0 Å². The fourth-order valence-corrected chi connectivity index (χ4v) is 1.73. The van der Waals surface area contributed by atoms with Crippen molar-refractivity contribution in [1.29, 1.82) is 0 Å². The summed E-state index contributed by atoms with van der Waals surface area (Å²) in [5, 5.41) is 9.67. The summed E-state index contributed by atoms with van der Waals surface area (Å²) in [5.41, 5.74) is 1.69. The predicted octanol–water partition coefficient (Wildman–Crippen LogP) is 2.54. The summed E-state index contributed by atoms with van der Waals surface area (Å²) < 4.78 is 9.97. The Bertz CT molecular complexity index is 449. The van der Waals surface area contributed by atoms with Crippen molar-refractivity contribution in [3.63, 3.8) is 0 Å². The van der Waals surface area contributed by atoms with Crippen molar-refractivity contribution in [1.82, 2.24) is 0 Å². The first kappa shape index (κ1) is 14.1. The third kappa shape index (κ3) is 3.26. The maximum Gasteiger partial charge on any atom is 0.330 e. The lowest BCUT2D eigenvalue weighted by atomic mass is 10.0. The van der Waals surface area contributed by atoms with E-state index in [1.807, 2.05) is 6.92 Å². The van der Waals surface area contributed by atoms with E-state index in [-0.39, 0.29) is 11.7 Å². The molecule has 18 heavy (non-hydrogen) atoms. The highest BCUT2D eigenvalue weighted by Crippen LogP contribution is 2.33. The molecule has 0 atom stereocenters. The van der Waals surface area contributed by atoms with Crippen LogP contribution in [0.2, 0.25) is 0 Å². The number of ether oxygens (including phenoxy) is 2. The Morgan fingerprint density at radius 1 is 1.39 bits per heavy atom. The number of phenolic OH excluding ortho intramolecular Hbond substituents is 1. The number of carbonyl (C=O) groups excluding carboxylic acids is 1. The molecular formula is C14H18O4. The first-order chi connectivity index (χ1) is 8.63. The van der Waals surface area contributed by atoms with Gasteiger partial charge in [0.1, 0.15) is 0 Å². The van der Waals surface area contributed by atoms with Crippen LogP contribution in [-0.2, 0) is 16.0 Å². The molecule has 4 nitrogen and oxygen atoms in total. The molecule has 0 aliphatic carbocycles. The lowest BCUT2D eigenvalue weighted by Gasteiger charge is -2.11. The summed E-state index contributed by atoms with van der Waals surface area (Å²) in [5.74, 6) is 0.165. The summed E-state index contributed by atoms with van der Waals surface area (Å²) in [7, 11) is 1.51. The lowest BCUT2D eigenvalue weighted by Crippen LogP contribution is -1.99. The number of carbonyl (C=O) groups is 1. The van der Waals surface area contributed by atoms with E-state index in [4.69, 9.17) is 9.47 Å². The van der Waals surface area contributed by atoms with E-state index in [9.17, 15) is 9.90 Å². The van der Waals surface area contributed by atoms with Crippen molar-refractivity contribution in [3.05, 3.63) is 29.3 Å². The zero-order chi connectivity index (χ0) is 13.5. The standard InChI is InChI=1S/C14H18O4/c1-4-11-10(7-9-13(16)18-5-2)6-8-12(15)14(11)17-3/h6-9,15H,4-5H2,1-3H3. The Labute approximate surface area is 107 Å². The molecule has 0 heterocycles. The number of esters is 1. The van der Waals surface area contributed by atoms with Crippen molar-refractivity contribution < 1.29 is 19.4 Å². The third-order valence-corrected chi connectivity index (χ3v) is 2.52. The normalized spacial score (nSPS) is 10.6. The maximum atomic E-state index is 11.2. The minimum Gasteiger partial charge on any atom is -0.504 e. The molecule has 1 aromatic carbocycles. The number of benzene rings is 1. The van der Waals surface area contributed by atoms with Gasteiger partial charge < -0.3 is 14.6 Å². The molecule has 0 saturated carbocycles. The number of aromatic hydroxyl groups is 1. The van der Waals surface area contributed by atoms with E-state index in [1.54, 1.807) is 25.1 Å². The van der Waals surface area contributed by atoms with E-state index < -0.39 is 0 Å². The molecule has 0 radical (unpaired) electrons. The van der Waals surface area contributed by atoms with Crippen molar-refractivity contribution >= 4 is 12.0 Å². The second-order valence-corrected chi connectivity index (χ2v) is 3.62. The largest absolute Gasteiger partial charge is 0.504 e. The lowest BCUT2D eigenvalue weighted by molar-refractivity contribution is -0.137. The van der Waals surface area contributed by atoms with Gasteiger partial charge in [-0.3, -0.25) is 0 Å². The van der Waals surface area contributed by atoms with Crippen LogP contribution in [0, 0.1) is 0 Å². The number of methoxy groups -OCH3 is 1. The van der Waals surface area contributed by atoms with Gasteiger partial charge in [-0.25, -0.2) is 4.79 Å². The molecule has 0 aliphatic heterocycles. The Balaban J connectivity index is 3.06. The van der Waals surface area contributed by atoms with Crippen LogP contribution in [0.5, 0.6) is 11.5 Å². The first-order valence-electron chi connectivity index (χ1n) is 5.87. The van der Waals surface area contributed by atoms with Gasteiger partial charge in [-0.05, 0) is 31.1 Å². The van der Waals surface area contributed by atoms with Crippen molar-refractivity contribution in [2.24, 2.45) is 0 Å². The maximum absolute atomic E-state index is 11.2. The van der Waals surface area contributed by atoms with Crippen LogP contribution in [0.1, 0.15) is 25.0 Å². The molecule has 0 fully saturated rings. The summed E-state index contributed by atoms with van der Waals surface area (Å²) in [6, 6.07) is 3.29. The predicted molar refractivity (Wildman–Crippen MR) is 69.7 cm³/mol. The Morgan fingerprint density at radius 2 is 2.11 bits per heavy atom. The highest BCUT2D eigenvalue weighted by molar-refractivity contribution is 5.87. The van der Waals surface area contributed by atoms with E-state index in [1.165, 1.54) is 13.2 Å². The van der Waals surface area contributed by atoms with Crippen molar-refractivity contribution in [3.8, 4) is 11.5 Å². The van der Waals surface area contributed by atoms with Gasteiger partial charge in [0.15, 0.2) is 11.5 Å². The molecule has 1 N–H and O–H groups in total. The SMILES string of the molecule is CCOC(=O)C=Cc1ccc(O)c(OC)c1CC. The van der Waals surface area contributed by atoms with Crippen LogP contribution in [0.25, 0.3) is 6.08 Å². The molecule has 4 heteroatoms. The molecule has 0 amide bonds. The Kier molecular flexibility index (Phi) is 5.24. The molecule has 0 aromatic heterocycles. The van der Waals surface area contributed by atoms with E-state index in [0.717, 1.165) is 11.1 Å². The first-order valence-corrected chi connectivity index (χ1v) is 5.87. The van der Waals surface area contributed by atoms with Crippen molar-refractivity contribution in [2.75, 3.05) is 13.7 Å². The zero-order valence-electron chi connectivity index (χ0n) is 10.9. The number of hydrogen-bond donors (Lipinski definition) is 1. The van der Waals surface area contributed by atoms with Gasteiger partial charge in [0.25, 0.3) is 0 Å². The summed E-state index contributed by atoms with van der Waals surface area (Å²) in [6.07, 6.45) is 3.73. The Morgan fingerprint density at radius 3 is 2.67 bits per heavy atom. The summed E-state index contributed by atoms with van der Waals surface area (Å²) >= 11 is 0. The van der Waals surface area contributed by atoms with Gasteiger partial charge in [0, 0.05) is 11.6 Å². The molecular weight excluding hydrogens is 232 g/mol.